The van der Waals surface area contributed by atoms with Crippen molar-refractivity contribution in [1.29, 1.82) is 0 Å². The Bertz CT molecular complexity index is 329. The van der Waals surface area contributed by atoms with Crippen LogP contribution in [0.1, 0.15) is 5.56 Å². The van der Waals surface area contributed by atoms with Gasteiger partial charge in [0.25, 0.3) is 0 Å². The first kappa shape index (κ1) is 9.48. The molecule has 0 aliphatic heterocycles. The van der Waals surface area contributed by atoms with E-state index in [1.54, 1.807) is 0 Å². The molecule has 0 aromatic heterocycles. The van der Waals surface area contributed by atoms with Crippen LogP contribution in [0.5, 0.6) is 0 Å². The second kappa shape index (κ2) is 3.87. The van der Waals surface area contributed by atoms with Crippen LogP contribution in [0.2, 0.25) is 0 Å². The summed E-state index contributed by atoms with van der Waals surface area (Å²) in [4.78, 5) is 0. The zero-order chi connectivity index (χ0) is 9.14. The molecule has 0 spiro atoms. The molecule has 0 unspecified atom stereocenters. The summed E-state index contributed by atoms with van der Waals surface area (Å²) in [5.74, 6) is -0.450. The maximum atomic E-state index is 12.8. The third kappa shape index (κ3) is 1.76. The van der Waals surface area contributed by atoms with E-state index in [-0.39, 0.29) is 9.64 Å². The van der Waals surface area contributed by atoms with Gasteiger partial charge in [0.05, 0.1) is 4.47 Å². The van der Waals surface area contributed by atoms with E-state index < -0.39 is 5.82 Å². The van der Waals surface area contributed by atoms with Crippen molar-refractivity contribution in [3.63, 3.8) is 0 Å². The zero-order valence-electron chi connectivity index (χ0n) is 5.76. The molecule has 0 fully saturated rings. The molecular weight excluding hydrogens is 248 g/mol. The third-order valence-electron chi connectivity index (χ3n) is 1.26. The summed E-state index contributed by atoms with van der Waals surface area (Å²) in [5, 5.41) is 10.9. The predicted octanol–water partition coefficient (Wildman–Crippen LogP) is 2.96. The number of hydrogen-bond acceptors (Lipinski definition) is 2. The van der Waals surface area contributed by atoms with Crippen molar-refractivity contribution in [3.05, 3.63) is 34.1 Å². The van der Waals surface area contributed by atoms with Gasteiger partial charge < -0.3 is 5.21 Å². The van der Waals surface area contributed by atoms with Gasteiger partial charge in [0.2, 0.25) is 0 Å². The average Bonchev–Trinajstić information content (AvgIpc) is 2.08. The summed E-state index contributed by atoms with van der Waals surface area (Å²) < 4.78 is 13.0. The lowest BCUT2D eigenvalue weighted by atomic mass is 10.2. The van der Waals surface area contributed by atoms with E-state index >= 15 is 0 Å². The number of oxime groups is 1. The first-order valence-corrected chi connectivity index (χ1v) is 4.16. The summed E-state index contributed by atoms with van der Waals surface area (Å²) in [5.41, 5.74) is 0.319. The van der Waals surface area contributed by atoms with Crippen LogP contribution in [0.15, 0.2) is 27.8 Å². The van der Waals surface area contributed by atoms with Crippen molar-refractivity contribution in [2.75, 3.05) is 0 Å². The van der Waals surface area contributed by atoms with E-state index in [2.05, 4.69) is 21.1 Å². The molecular formula is C7H4BrClFNO. The molecule has 2 nitrogen and oxygen atoms in total. The number of hydrogen-bond donors (Lipinski definition) is 1. The van der Waals surface area contributed by atoms with E-state index in [0.717, 1.165) is 0 Å². The van der Waals surface area contributed by atoms with E-state index in [9.17, 15) is 4.39 Å². The van der Waals surface area contributed by atoms with Crippen LogP contribution < -0.4 is 0 Å². The van der Waals surface area contributed by atoms with Gasteiger partial charge in [0.15, 0.2) is 5.17 Å². The second-order valence-corrected chi connectivity index (χ2v) is 3.14. The van der Waals surface area contributed by atoms with Gasteiger partial charge in [-0.05, 0) is 22.0 Å². The Kier molecular flexibility index (Phi) is 3.05. The van der Waals surface area contributed by atoms with Crippen molar-refractivity contribution in [2.45, 2.75) is 0 Å². The van der Waals surface area contributed by atoms with Crippen molar-refractivity contribution < 1.29 is 9.60 Å². The van der Waals surface area contributed by atoms with Crippen LogP contribution in [-0.2, 0) is 0 Å². The lowest BCUT2D eigenvalue weighted by Gasteiger charge is -2.00. The Morgan fingerprint density at radius 1 is 1.58 bits per heavy atom. The number of nitrogens with zero attached hydrogens (tertiary/aromatic N) is 1. The van der Waals surface area contributed by atoms with Crippen molar-refractivity contribution >= 4 is 32.7 Å². The Morgan fingerprint density at radius 3 is 2.83 bits per heavy atom. The molecule has 0 saturated heterocycles. The molecule has 1 aromatic rings. The van der Waals surface area contributed by atoms with Crippen molar-refractivity contribution in [3.8, 4) is 0 Å². The van der Waals surface area contributed by atoms with Gasteiger partial charge in [-0.1, -0.05) is 28.9 Å². The molecule has 5 heteroatoms. The Balaban J connectivity index is 3.26. The van der Waals surface area contributed by atoms with Crippen molar-refractivity contribution in [1.82, 2.24) is 0 Å². The maximum Gasteiger partial charge on any atom is 0.176 e. The molecule has 1 N–H and O–H groups in total. The average molecular weight is 252 g/mol. The van der Waals surface area contributed by atoms with Gasteiger partial charge in [-0.3, -0.25) is 0 Å². The molecule has 0 radical (unpaired) electrons. The fourth-order valence-corrected chi connectivity index (χ4v) is 1.44. The molecule has 12 heavy (non-hydrogen) atoms. The summed E-state index contributed by atoms with van der Waals surface area (Å²) in [6, 6.07) is 4.29. The highest BCUT2D eigenvalue weighted by molar-refractivity contribution is 9.10. The first-order chi connectivity index (χ1) is 5.66. The number of rotatable bonds is 1. The quantitative estimate of drug-likeness (QED) is 0.465. The minimum Gasteiger partial charge on any atom is -0.410 e. The molecule has 0 aliphatic carbocycles. The molecule has 0 bridgehead atoms. The largest absolute Gasteiger partial charge is 0.410 e. The molecule has 0 heterocycles. The van der Waals surface area contributed by atoms with Gasteiger partial charge in [-0.25, -0.2) is 4.39 Å². The van der Waals surface area contributed by atoms with Gasteiger partial charge in [-0.15, -0.1) is 0 Å². The fourth-order valence-electron chi connectivity index (χ4n) is 0.717. The Morgan fingerprint density at radius 2 is 2.25 bits per heavy atom. The van der Waals surface area contributed by atoms with E-state index in [4.69, 9.17) is 16.8 Å². The zero-order valence-corrected chi connectivity index (χ0v) is 8.10. The summed E-state index contributed by atoms with van der Waals surface area (Å²) in [6.07, 6.45) is 0. The lowest BCUT2D eigenvalue weighted by molar-refractivity contribution is 0.321. The van der Waals surface area contributed by atoms with Gasteiger partial charge in [0.1, 0.15) is 5.82 Å². The third-order valence-corrected chi connectivity index (χ3v) is 2.35. The first-order valence-electron chi connectivity index (χ1n) is 2.98. The highest BCUT2D eigenvalue weighted by Gasteiger charge is 2.08. The summed E-state index contributed by atoms with van der Waals surface area (Å²) in [7, 11) is 0. The van der Waals surface area contributed by atoms with Gasteiger partial charge in [-0.2, -0.15) is 0 Å². The monoisotopic (exact) mass is 251 g/mol. The normalized spacial score (nSPS) is 11.8. The van der Waals surface area contributed by atoms with Crippen LogP contribution in [0.25, 0.3) is 0 Å². The van der Waals surface area contributed by atoms with E-state index in [1.807, 2.05) is 0 Å². The molecule has 0 atom stereocenters. The predicted molar refractivity (Wildman–Crippen MR) is 48.3 cm³/mol. The highest BCUT2D eigenvalue weighted by Crippen LogP contribution is 2.21. The van der Waals surface area contributed by atoms with E-state index in [1.165, 1.54) is 18.2 Å². The Hall–Kier alpha value is -0.610. The Labute approximate surface area is 81.8 Å². The van der Waals surface area contributed by atoms with Crippen LogP contribution in [0.4, 0.5) is 4.39 Å². The van der Waals surface area contributed by atoms with Crippen molar-refractivity contribution in [2.24, 2.45) is 5.16 Å². The highest BCUT2D eigenvalue weighted by atomic mass is 79.9. The standard InChI is InChI=1S/C7H4BrClFNO/c8-6-4(7(9)11-12)2-1-3-5(6)10/h1-3,12H/b11-7-. The molecule has 1 rings (SSSR count). The topological polar surface area (TPSA) is 32.6 Å². The molecule has 0 amide bonds. The maximum absolute atomic E-state index is 12.8. The fraction of sp³-hybridized carbons (Fsp3) is 0. The SMILES string of the molecule is O/N=C(\Cl)c1cccc(F)c1Br. The number of halogens is 3. The van der Waals surface area contributed by atoms with Crippen LogP contribution in [0, 0.1) is 5.82 Å². The van der Waals surface area contributed by atoms with Crippen LogP contribution in [-0.4, -0.2) is 10.4 Å². The van der Waals surface area contributed by atoms with Gasteiger partial charge >= 0.3 is 0 Å². The number of benzene rings is 1. The van der Waals surface area contributed by atoms with Crippen LogP contribution >= 0.6 is 27.5 Å². The summed E-state index contributed by atoms with van der Waals surface area (Å²) in [6.45, 7) is 0. The van der Waals surface area contributed by atoms with E-state index in [0.29, 0.717) is 5.56 Å². The second-order valence-electron chi connectivity index (χ2n) is 1.99. The van der Waals surface area contributed by atoms with Crippen LogP contribution in [0.3, 0.4) is 0 Å². The lowest BCUT2D eigenvalue weighted by Crippen LogP contribution is -1.94. The summed E-state index contributed by atoms with van der Waals surface area (Å²) >= 11 is 8.44. The molecule has 0 aliphatic rings. The molecule has 64 valence electrons. The minimum absolute atomic E-state index is 0.152. The minimum atomic E-state index is -0.450. The molecule has 1 aromatic carbocycles. The molecule has 0 saturated carbocycles. The van der Waals surface area contributed by atoms with Gasteiger partial charge in [0, 0.05) is 5.56 Å². The smallest absolute Gasteiger partial charge is 0.176 e.